The molecule has 0 unspecified atom stereocenters. The van der Waals surface area contributed by atoms with Crippen molar-refractivity contribution < 1.29 is 17.2 Å². The molecule has 22 heavy (non-hydrogen) atoms. The van der Waals surface area contributed by atoms with E-state index in [-0.39, 0.29) is 10.6 Å². The van der Waals surface area contributed by atoms with Gasteiger partial charge < -0.3 is 0 Å². The fourth-order valence-electron chi connectivity index (χ4n) is 2.40. The second-order valence-corrected chi connectivity index (χ2v) is 6.78. The van der Waals surface area contributed by atoms with Crippen molar-refractivity contribution in [2.45, 2.75) is 12.8 Å². The Kier molecular flexibility index (Phi) is 3.70. The van der Waals surface area contributed by atoms with Gasteiger partial charge in [0, 0.05) is 6.07 Å². The summed E-state index contributed by atoms with van der Waals surface area (Å²) < 4.78 is 53.1. The summed E-state index contributed by atoms with van der Waals surface area (Å²) in [6, 6.07) is 10.5. The maximum absolute atomic E-state index is 13.2. The number of halogens is 2. The molecule has 3 rings (SSSR count). The summed E-state index contributed by atoms with van der Waals surface area (Å²) in [5, 5.41) is 0. The van der Waals surface area contributed by atoms with Gasteiger partial charge in [0.05, 0.1) is 10.6 Å². The van der Waals surface area contributed by atoms with Crippen LogP contribution < -0.4 is 4.72 Å². The van der Waals surface area contributed by atoms with Gasteiger partial charge in [0.15, 0.2) is 11.6 Å². The molecule has 0 heterocycles. The quantitative estimate of drug-likeness (QED) is 0.937. The molecular formula is C16H13F2NO2S. The number of hydrogen-bond donors (Lipinski definition) is 1. The van der Waals surface area contributed by atoms with Gasteiger partial charge in [0.1, 0.15) is 0 Å². The molecule has 1 N–H and O–H groups in total. The highest BCUT2D eigenvalue weighted by atomic mass is 32.2. The van der Waals surface area contributed by atoms with Gasteiger partial charge >= 0.3 is 0 Å². The summed E-state index contributed by atoms with van der Waals surface area (Å²) in [6.07, 6.45) is 2.61. The third kappa shape index (κ3) is 2.87. The monoisotopic (exact) mass is 321 g/mol. The Bertz CT molecular complexity index is 860. The van der Waals surface area contributed by atoms with Gasteiger partial charge in [0.25, 0.3) is 10.0 Å². The van der Waals surface area contributed by atoms with Crippen molar-refractivity contribution in [2.75, 3.05) is 4.72 Å². The molecule has 0 fully saturated rings. The Hall–Kier alpha value is -2.21. The molecular weight excluding hydrogens is 308 g/mol. The fraction of sp³-hybridized carbons (Fsp3) is 0.125. The van der Waals surface area contributed by atoms with Gasteiger partial charge in [-0.1, -0.05) is 24.3 Å². The molecule has 6 heteroatoms. The predicted octanol–water partition coefficient (Wildman–Crippen LogP) is 3.69. The first-order valence-electron chi connectivity index (χ1n) is 6.72. The number of aryl methyl sites for hydroxylation is 1. The van der Waals surface area contributed by atoms with Crippen LogP contribution in [0.15, 0.2) is 47.4 Å². The number of anilines is 1. The summed E-state index contributed by atoms with van der Waals surface area (Å²) in [5.41, 5.74) is 1.95. The number of benzene rings is 2. The van der Waals surface area contributed by atoms with Crippen LogP contribution >= 0.6 is 0 Å². The van der Waals surface area contributed by atoms with E-state index in [9.17, 15) is 17.2 Å². The molecule has 0 saturated carbocycles. The minimum absolute atomic E-state index is 0.00124. The van der Waals surface area contributed by atoms with E-state index < -0.39 is 21.7 Å². The highest BCUT2D eigenvalue weighted by molar-refractivity contribution is 7.96. The van der Waals surface area contributed by atoms with Crippen molar-refractivity contribution in [3.8, 4) is 0 Å². The number of allylic oxidation sites excluding steroid dienone is 1. The van der Waals surface area contributed by atoms with Gasteiger partial charge in [-0.05, 0) is 42.2 Å². The number of nitrogens with one attached hydrogen (secondary N) is 1. The highest BCUT2D eigenvalue weighted by Crippen LogP contribution is 2.28. The number of rotatable bonds is 3. The van der Waals surface area contributed by atoms with Crippen LogP contribution in [0.1, 0.15) is 17.5 Å². The van der Waals surface area contributed by atoms with E-state index in [1.165, 1.54) is 6.07 Å². The molecule has 2 aromatic rings. The summed E-state index contributed by atoms with van der Waals surface area (Å²) in [5.74, 6) is -2.11. The standard InChI is InChI=1S/C16H13F2NO2S/c17-15-8-6-13(10-16(15)18)19-22(20,21)14-7-5-11-3-1-2-4-12(11)9-14/h1-4,6,8-10,19H,5,7H2. The predicted molar refractivity (Wildman–Crippen MR) is 81.6 cm³/mol. The van der Waals surface area contributed by atoms with E-state index in [4.69, 9.17) is 0 Å². The Morgan fingerprint density at radius 3 is 2.50 bits per heavy atom. The van der Waals surface area contributed by atoms with Crippen LogP contribution in [0.5, 0.6) is 0 Å². The summed E-state index contributed by atoms with van der Waals surface area (Å²) in [7, 11) is -3.79. The zero-order valence-corrected chi connectivity index (χ0v) is 12.3. The fourth-order valence-corrected chi connectivity index (χ4v) is 3.62. The number of fused-ring (bicyclic) bond motifs is 1. The summed E-state index contributed by atoms with van der Waals surface area (Å²) in [4.78, 5) is 0.232. The van der Waals surface area contributed by atoms with E-state index in [2.05, 4.69) is 4.72 Å². The highest BCUT2D eigenvalue weighted by Gasteiger charge is 2.22. The minimum Gasteiger partial charge on any atom is -0.280 e. The first-order chi connectivity index (χ1) is 10.5. The first-order valence-corrected chi connectivity index (χ1v) is 8.20. The molecule has 0 atom stereocenters. The smallest absolute Gasteiger partial charge is 0.258 e. The number of hydrogen-bond acceptors (Lipinski definition) is 2. The Balaban J connectivity index is 1.91. The third-order valence-electron chi connectivity index (χ3n) is 3.53. The Labute approximate surface area is 127 Å². The minimum atomic E-state index is -3.79. The zero-order chi connectivity index (χ0) is 15.7. The van der Waals surface area contributed by atoms with E-state index in [0.717, 1.165) is 23.3 Å². The van der Waals surface area contributed by atoms with Gasteiger partial charge in [0.2, 0.25) is 0 Å². The van der Waals surface area contributed by atoms with Crippen LogP contribution in [-0.2, 0) is 16.4 Å². The molecule has 0 bridgehead atoms. The molecule has 0 amide bonds. The van der Waals surface area contributed by atoms with Crippen molar-refractivity contribution in [1.82, 2.24) is 0 Å². The van der Waals surface area contributed by atoms with Crippen molar-refractivity contribution in [1.29, 1.82) is 0 Å². The van der Waals surface area contributed by atoms with Gasteiger partial charge in [-0.25, -0.2) is 17.2 Å². The van der Waals surface area contributed by atoms with Crippen LogP contribution in [0, 0.1) is 11.6 Å². The van der Waals surface area contributed by atoms with Crippen molar-refractivity contribution in [3.63, 3.8) is 0 Å². The molecule has 114 valence electrons. The SMILES string of the molecule is O=S(=O)(Nc1ccc(F)c(F)c1)C1=Cc2ccccc2CC1. The first kappa shape index (κ1) is 14.7. The lowest BCUT2D eigenvalue weighted by Gasteiger charge is -2.17. The van der Waals surface area contributed by atoms with E-state index in [1.54, 1.807) is 6.08 Å². The largest absolute Gasteiger partial charge is 0.280 e. The maximum atomic E-state index is 13.2. The van der Waals surface area contributed by atoms with Gasteiger partial charge in [-0.3, -0.25) is 4.72 Å². The molecule has 3 nitrogen and oxygen atoms in total. The molecule has 0 saturated heterocycles. The zero-order valence-electron chi connectivity index (χ0n) is 11.5. The van der Waals surface area contributed by atoms with Crippen LogP contribution in [0.4, 0.5) is 14.5 Å². The maximum Gasteiger partial charge on any atom is 0.258 e. The molecule has 0 spiro atoms. The van der Waals surface area contributed by atoms with Crippen LogP contribution in [0.2, 0.25) is 0 Å². The third-order valence-corrected chi connectivity index (χ3v) is 5.05. The second-order valence-electron chi connectivity index (χ2n) is 5.04. The average molecular weight is 321 g/mol. The molecule has 1 aliphatic rings. The Morgan fingerprint density at radius 1 is 0.955 bits per heavy atom. The van der Waals surface area contributed by atoms with Gasteiger partial charge in [-0.2, -0.15) is 0 Å². The van der Waals surface area contributed by atoms with Crippen molar-refractivity contribution in [2.24, 2.45) is 0 Å². The summed E-state index contributed by atoms with van der Waals surface area (Å²) in [6.45, 7) is 0. The van der Waals surface area contributed by atoms with Crippen molar-refractivity contribution in [3.05, 3.63) is 70.1 Å². The van der Waals surface area contributed by atoms with Crippen molar-refractivity contribution >= 4 is 21.8 Å². The summed E-state index contributed by atoms with van der Waals surface area (Å²) >= 11 is 0. The van der Waals surface area contributed by atoms with Crippen LogP contribution in [0.3, 0.4) is 0 Å². The lowest BCUT2D eigenvalue weighted by molar-refractivity contribution is 0.509. The second kappa shape index (κ2) is 5.53. The normalized spacial score (nSPS) is 14.2. The topological polar surface area (TPSA) is 46.2 Å². The lowest BCUT2D eigenvalue weighted by atomic mass is 9.98. The molecule has 0 aliphatic heterocycles. The molecule has 2 aromatic carbocycles. The van der Waals surface area contributed by atoms with E-state index >= 15 is 0 Å². The molecule has 0 aromatic heterocycles. The van der Waals surface area contributed by atoms with Crippen LogP contribution in [-0.4, -0.2) is 8.42 Å². The molecule has 0 radical (unpaired) electrons. The van der Waals surface area contributed by atoms with Gasteiger partial charge in [-0.15, -0.1) is 0 Å². The number of sulfonamides is 1. The average Bonchev–Trinajstić information content (AvgIpc) is 2.50. The van der Waals surface area contributed by atoms with E-state index in [0.29, 0.717) is 12.8 Å². The molecule has 1 aliphatic carbocycles. The lowest BCUT2D eigenvalue weighted by Crippen LogP contribution is -2.17. The van der Waals surface area contributed by atoms with E-state index in [1.807, 2.05) is 24.3 Å². The Morgan fingerprint density at radius 2 is 1.73 bits per heavy atom. The van der Waals surface area contributed by atoms with Crippen LogP contribution in [0.25, 0.3) is 6.08 Å².